The van der Waals surface area contributed by atoms with Crippen LogP contribution in [0.15, 0.2) is 95.1 Å². The van der Waals surface area contributed by atoms with Gasteiger partial charge in [0.25, 0.3) is 5.91 Å². The number of urea groups is 1. The molecule has 3 amide bonds. The number of nitrogens with zero attached hydrogens (tertiary/aromatic N) is 1. The molecule has 4 aromatic carbocycles. The largest absolute Gasteiger partial charge is 0.493 e. The van der Waals surface area contributed by atoms with E-state index in [4.69, 9.17) is 9.47 Å². The Labute approximate surface area is 217 Å². The quantitative estimate of drug-likeness (QED) is 0.220. The Morgan fingerprint density at radius 3 is 2.42 bits per heavy atom. The van der Waals surface area contributed by atoms with E-state index < -0.39 is 6.03 Å². The molecule has 5 rings (SSSR count). The van der Waals surface area contributed by atoms with Gasteiger partial charge in [0.2, 0.25) is 0 Å². The van der Waals surface area contributed by atoms with E-state index in [9.17, 15) is 9.59 Å². The van der Waals surface area contributed by atoms with E-state index in [0.717, 1.165) is 16.5 Å². The van der Waals surface area contributed by atoms with Crippen molar-refractivity contribution in [2.75, 3.05) is 7.11 Å². The summed E-state index contributed by atoms with van der Waals surface area (Å²) in [6.45, 7) is 0.570. The maximum atomic E-state index is 12.9. The van der Waals surface area contributed by atoms with E-state index in [-0.39, 0.29) is 18.1 Å². The van der Waals surface area contributed by atoms with Crippen molar-refractivity contribution in [2.24, 2.45) is 0 Å². The number of ether oxygens (including phenoxy) is 2. The van der Waals surface area contributed by atoms with Crippen molar-refractivity contribution >= 4 is 44.7 Å². The molecule has 36 heavy (non-hydrogen) atoms. The lowest BCUT2D eigenvalue weighted by molar-refractivity contribution is -0.123. The number of imide groups is 1. The molecule has 7 heteroatoms. The molecule has 0 radical (unpaired) electrons. The summed E-state index contributed by atoms with van der Waals surface area (Å²) in [5, 5.41) is 4.99. The van der Waals surface area contributed by atoms with E-state index in [1.54, 1.807) is 19.3 Å². The Morgan fingerprint density at radius 2 is 1.64 bits per heavy atom. The van der Waals surface area contributed by atoms with Gasteiger partial charge in [0, 0.05) is 0 Å². The molecular weight excluding hydrogens is 520 g/mol. The first kappa shape index (κ1) is 23.6. The number of halogens is 1. The second-order valence-corrected chi connectivity index (χ2v) is 9.22. The molecule has 180 valence electrons. The Bertz CT molecular complexity index is 1480. The first-order valence-electron chi connectivity index (χ1n) is 11.4. The molecule has 0 aromatic heterocycles. The summed E-state index contributed by atoms with van der Waals surface area (Å²) in [6.07, 6.45) is 1.63. The van der Waals surface area contributed by atoms with Crippen LogP contribution in [0.25, 0.3) is 16.8 Å². The zero-order valence-electron chi connectivity index (χ0n) is 19.5. The third-order valence-corrected chi connectivity index (χ3v) is 6.49. The number of carbonyl (C=O) groups is 2. The zero-order chi connectivity index (χ0) is 25.1. The number of nitrogens with one attached hydrogen (secondary N) is 1. The van der Waals surface area contributed by atoms with Gasteiger partial charge in [0.1, 0.15) is 12.3 Å². The van der Waals surface area contributed by atoms with Gasteiger partial charge in [-0.05, 0) is 67.7 Å². The molecule has 6 nitrogen and oxygen atoms in total. The number of methoxy groups -OCH3 is 1. The standard InChI is InChI=1S/C29H23BrN2O4/c1-35-26-16-21(15-25-28(33)32(29(34)31-25)17-19-7-3-2-4-8-19)14-24(30)27(26)36-18-20-11-12-22-9-5-6-10-23(22)13-20/h2-16H,17-18H2,1H3,(H,31,34)/b25-15+. The van der Waals surface area contributed by atoms with Gasteiger partial charge in [-0.3, -0.25) is 9.69 Å². The summed E-state index contributed by atoms with van der Waals surface area (Å²) in [4.78, 5) is 26.5. The number of hydrogen-bond acceptors (Lipinski definition) is 4. The van der Waals surface area contributed by atoms with Crippen LogP contribution < -0.4 is 14.8 Å². The summed E-state index contributed by atoms with van der Waals surface area (Å²) >= 11 is 3.57. The third-order valence-electron chi connectivity index (χ3n) is 5.91. The minimum atomic E-state index is -0.448. The minimum absolute atomic E-state index is 0.203. The van der Waals surface area contributed by atoms with Crippen molar-refractivity contribution in [3.8, 4) is 11.5 Å². The predicted molar refractivity (Wildman–Crippen MR) is 142 cm³/mol. The van der Waals surface area contributed by atoms with E-state index >= 15 is 0 Å². The molecule has 1 aliphatic rings. The van der Waals surface area contributed by atoms with Gasteiger partial charge in [0.15, 0.2) is 11.5 Å². The van der Waals surface area contributed by atoms with Crippen molar-refractivity contribution in [3.05, 3.63) is 112 Å². The van der Waals surface area contributed by atoms with Crippen LogP contribution in [0.1, 0.15) is 16.7 Å². The van der Waals surface area contributed by atoms with Gasteiger partial charge in [-0.15, -0.1) is 0 Å². The van der Waals surface area contributed by atoms with Crippen LogP contribution in [0.5, 0.6) is 11.5 Å². The highest BCUT2D eigenvalue weighted by molar-refractivity contribution is 9.10. The lowest BCUT2D eigenvalue weighted by Gasteiger charge is -2.14. The number of fused-ring (bicyclic) bond motifs is 1. The van der Waals surface area contributed by atoms with Gasteiger partial charge >= 0.3 is 6.03 Å². The Balaban J connectivity index is 1.34. The minimum Gasteiger partial charge on any atom is -0.493 e. The maximum Gasteiger partial charge on any atom is 0.329 e. The lowest BCUT2D eigenvalue weighted by atomic mass is 10.1. The molecule has 1 saturated heterocycles. The van der Waals surface area contributed by atoms with Crippen LogP contribution in [-0.4, -0.2) is 23.9 Å². The SMILES string of the molecule is COc1cc(/C=C2/NC(=O)N(Cc3ccccc3)C2=O)cc(Br)c1OCc1ccc2ccccc2c1. The van der Waals surface area contributed by atoms with Gasteiger partial charge < -0.3 is 14.8 Å². The number of rotatable bonds is 7. The first-order chi connectivity index (χ1) is 17.5. The van der Waals surface area contributed by atoms with Crippen LogP contribution in [-0.2, 0) is 17.9 Å². The second-order valence-electron chi connectivity index (χ2n) is 8.37. The zero-order valence-corrected chi connectivity index (χ0v) is 21.1. The maximum absolute atomic E-state index is 12.9. The van der Waals surface area contributed by atoms with Crippen molar-refractivity contribution < 1.29 is 19.1 Å². The molecule has 0 aliphatic carbocycles. The van der Waals surface area contributed by atoms with Crippen molar-refractivity contribution in [1.29, 1.82) is 0 Å². The molecule has 0 bridgehead atoms. The summed E-state index contributed by atoms with van der Waals surface area (Å²) < 4.78 is 12.3. The van der Waals surface area contributed by atoms with Gasteiger partial charge in [-0.1, -0.05) is 66.7 Å². The molecule has 1 fully saturated rings. The molecule has 4 aromatic rings. The summed E-state index contributed by atoms with van der Waals surface area (Å²) in [5.41, 5.74) is 2.79. The molecule has 1 N–H and O–H groups in total. The Hall–Kier alpha value is -4.10. The average Bonchev–Trinajstić information content (AvgIpc) is 3.15. The van der Waals surface area contributed by atoms with Crippen molar-refractivity contribution in [3.63, 3.8) is 0 Å². The van der Waals surface area contributed by atoms with Crippen LogP contribution in [0, 0.1) is 0 Å². The van der Waals surface area contributed by atoms with Crippen LogP contribution in [0.2, 0.25) is 0 Å². The fraction of sp³-hybridized carbons (Fsp3) is 0.103. The summed E-state index contributed by atoms with van der Waals surface area (Å²) in [5.74, 6) is 0.686. The third kappa shape index (κ3) is 4.97. The van der Waals surface area contributed by atoms with Crippen LogP contribution in [0.3, 0.4) is 0 Å². The predicted octanol–water partition coefficient (Wildman–Crippen LogP) is 6.28. The molecule has 0 saturated carbocycles. The number of carbonyl (C=O) groups excluding carboxylic acids is 2. The number of benzene rings is 4. The first-order valence-corrected chi connectivity index (χ1v) is 12.2. The van der Waals surface area contributed by atoms with Crippen LogP contribution in [0.4, 0.5) is 4.79 Å². The van der Waals surface area contributed by atoms with Crippen LogP contribution >= 0.6 is 15.9 Å². The smallest absolute Gasteiger partial charge is 0.329 e. The fourth-order valence-electron chi connectivity index (χ4n) is 4.10. The van der Waals surface area contributed by atoms with E-state index in [1.807, 2.05) is 54.6 Å². The summed E-state index contributed by atoms with van der Waals surface area (Å²) in [7, 11) is 1.56. The summed E-state index contributed by atoms with van der Waals surface area (Å²) in [6, 6.07) is 26.9. The Kier molecular flexibility index (Phi) is 6.73. The van der Waals surface area contributed by atoms with E-state index in [1.165, 1.54) is 10.3 Å². The average molecular weight is 543 g/mol. The van der Waals surface area contributed by atoms with E-state index in [0.29, 0.717) is 28.1 Å². The van der Waals surface area contributed by atoms with Gasteiger partial charge in [-0.25, -0.2) is 4.79 Å². The highest BCUT2D eigenvalue weighted by Gasteiger charge is 2.33. The highest BCUT2D eigenvalue weighted by Crippen LogP contribution is 2.38. The van der Waals surface area contributed by atoms with Crippen molar-refractivity contribution in [1.82, 2.24) is 10.2 Å². The lowest BCUT2D eigenvalue weighted by Crippen LogP contribution is -2.30. The normalized spacial score (nSPS) is 14.4. The number of amides is 3. The fourth-order valence-corrected chi connectivity index (χ4v) is 4.67. The molecule has 0 spiro atoms. The molecule has 1 aliphatic heterocycles. The highest BCUT2D eigenvalue weighted by atomic mass is 79.9. The Morgan fingerprint density at radius 1 is 0.889 bits per heavy atom. The van der Waals surface area contributed by atoms with Gasteiger partial charge in [-0.2, -0.15) is 0 Å². The molecular formula is C29H23BrN2O4. The topological polar surface area (TPSA) is 67.9 Å². The molecule has 0 atom stereocenters. The monoisotopic (exact) mass is 542 g/mol. The molecule has 0 unspecified atom stereocenters. The molecule has 1 heterocycles. The second kappa shape index (κ2) is 10.3. The van der Waals surface area contributed by atoms with Gasteiger partial charge in [0.05, 0.1) is 18.1 Å². The van der Waals surface area contributed by atoms with E-state index in [2.05, 4.69) is 45.5 Å². The van der Waals surface area contributed by atoms with Crippen molar-refractivity contribution in [2.45, 2.75) is 13.2 Å². The number of hydrogen-bond donors (Lipinski definition) is 1.